The van der Waals surface area contributed by atoms with Gasteiger partial charge in [0.1, 0.15) is 5.82 Å². The molecule has 0 amide bonds. The lowest BCUT2D eigenvalue weighted by Crippen LogP contribution is -2.20. The van der Waals surface area contributed by atoms with Gasteiger partial charge in [-0.15, -0.1) is 0 Å². The summed E-state index contributed by atoms with van der Waals surface area (Å²) in [7, 11) is 0. The van der Waals surface area contributed by atoms with E-state index in [1.807, 2.05) is 0 Å². The molecule has 1 aromatic heterocycles. The van der Waals surface area contributed by atoms with Gasteiger partial charge in [-0.2, -0.15) is 0 Å². The standard InChI is InChI=1S/C14H20FNO/c1-2-10-3-5-11(6-4-10)14(17)13-8-7-12(15)9-16-13/h7-11,14,17H,2-6H2,1H3. The van der Waals surface area contributed by atoms with Crippen LogP contribution >= 0.6 is 0 Å². The van der Waals surface area contributed by atoms with Crippen LogP contribution in [0.4, 0.5) is 4.39 Å². The second-order valence-electron chi connectivity index (χ2n) is 5.04. The molecule has 1 N–H and O–H groups in total. The average Bonchev–Trinajstić information content (AvgIpc) is 2.39. The molecule has 1 unspecified atom stereocenters. The molecule has 1 fully saturated rings. The fourth-order valence-corrected chi connectivity index (χ4v) is 2.72. The lowest BCUT2D eigenvalue weighted by molar-refractivity contribution is 0.0695. The molecule has 1 saturated carbocycles. The summed E-state index contributed by atoms with van der Waals surface area (Å²) in [6, 6.07) is 2.95. The van der Waals surface area contributed by atoms with Gasteiger partial charge in [-0.05, 0) is 36.8 Å². The van der Waals surface area contributed by atoms with Crippen molar-refractivity contribution in [1.29, 1.82) is 0 Å². The molecule has 2 nitrogen and oxygen atoms in total. The first kappa shape index (κ1) is 12.5. The topological polar surface area (TPSA) is 33.1 Å². The minimum atomic E-state index is -0.534. The maximum Gasteiger partial charge on any atom is 0.141 e. The molecule has 1 atom stereocenters. The summed E-state index contributed by atoms with van der Waals surface area (Å²) < 4.78 is 12.7. The maximum atomic E-state index is 12.7. The molecule has 0 saturated heterocycles. The molecule has 0 radical (unpaired) electrons. The van der Waals surface area contributed by atoms with Crippen LogP contribution in [0.3, 0.4) is 0 Å². The average molecular weight is 237 g/mol. The first-order valence-corrected chi connectivity index (χ1v) is 6.50. The molecule has 1 aliphatic carbocycles. The Hall–Kier alpha value is -0.960. The number of rotatable bonds is 3. The number of aromatic nitrogens is 1. The van der Waals surface area contributed by atoms with Crippen molar-refractivity contribution in [3.05, 3.63) is 29.8 Å². The normalized spacial score (nSPS) is 26.8. The van der Waals surface area contributed by atoms with E-state index >= 15 is 0 Å². The lowest BCUT2D eigenvalue weighted by atomic mass is 9.78. The van der Waals surface area contributed by atoms with Gasteiger partial charge >= 0.3 is 0 Å². The van der Waals surface area contributed by atoms with E-state index in [1.165, 1.54) is 31.5 Å². The van der Waals surface area contributed by atoms with Crippen molar-refractivity contribution in [3.63, 3.8) is 0 Å². The molecular formula is C14H20FNO. The second-order valence-corrected chi connectivity index (χ2v) is 5.04. The number of hydrogen-bond acceptors (Lipinski definition) is 2. The van der Waals surface area contributed by atoms with Crippen LogP contribution in [0.1, 0.15) is 50.8 Å². The highest BCUT2D eigenvalue weighted by molar-refractivity contribution is 5.09. The maximum absolute atomic E-state index is 12.7. The third-order valence-corrected chi connectivity index (χ3v) is 3.97. The number of aliphatic hydroxyl groups excluding tert-OH is 1. The lowest BCUT2D eigenvalue weighted by Gasteiger charge is -2.30. The van der Waals surface area contributed by atoms with Gasteiger partial charge in [0.15, 0.2) is 0 Å². The van der Waals surface area contributed by atoms with E-state index in [1.54, 1.807) is 6.07 Å². The highest BCUT2D eigenvalue weighted by Crippen LogP contribution is 2.37. The highest BCUT2D eigenvalue weighted by Gasteiger charge is 2.27. The number of pyridine rings is 1. The van der Waals surface area contributed by atoms with Crippen LogP contribution in [-0.2, 0) is 0 Å². The van der Waals surface area contributed by atoms with E-state index in [9.17, 15) is 9.50 Å². The molecule has 17 heavy (non-hydrogen) atoms. The molecule has 0 aliphatic heterocycles. The van der Waals surface area contributed by atoms with Gasteiger partial charge in [-0.3, -0.25) is 4.98 Å². The zero-order valence-corrected chi connectivity index (χ0v) is 10.3. The Morgan fingerprint density at radius 1 is 1.35 bits per heavy atom. The molecule has 3 heteroatoms. The summed E-state index contributed by atoms with van der Waals surface area (Å²) in [6.45, 7) is 2.23. The summed E-state index contributed by atoms with van der Waals surface area (Å²) in [6.07, 6.45) is 6.37. The van der Waals surface area contributed by atoms with Crippen LogP contribution in [0.5, 0.6) is 0 Å². The van der Waals surface area contributed by atoms with Crippen molar-refractivity contribution in [2.45, 2.75) is 45.1 Å². The minimum absolute atomic E-state index is 0.288. The SMILES string of the molecule is CCC1CCC(C(O)c2ccc(F)cn2)CC1. The molecule has 0 aromatic carbocycles. The van der Waals surface area contributed by atoms with Crippen molar-refractivity contribution in [2.75, 3.05) is 0 Å². The number of aliphatic hydroxyl groups is 1. The molecule has 1 aliphatic rings. The van der Waals surface area contributed by atoms with Gasteiger partial charge < -0.3 is 5.11 Å². The van der Waals surface area contributed by atoms with Gasteiger partial charge in [0.2, 0.25) is 0 Å². The summed E-state index contributed by atoms with van der Waals surface area (Å²) in [5, 5.41) is 10.2. The minimum Gasteiger partial charge on any atom is -0.387 e. The zero-order valence-electron chi connectivity index (χ0n) is 10.3. The predicted octanol–water partition coefficient (Wildman–Crippen LogP) is 3.47. The molecule has 1 aromatic rings. The van der Waals surface area contributed by atoms with Crippen LogP contribution in [0.2, 0.25) is 0 Å². The third-order valence-electron chi connectivity index (χ3n) is 3.97. The zero-order chi connectivity index (χ0) is 12.3. The highest BCUT2D eigenvalue weighted by atomic mass is 19.1. The Kier molecular flexibility index (Phi) is 4.11. The Labute approximate surface area is 102 Å². The molecule has 2 rings (SSSR count). The molecule has 0 bridgehead atoms. The van der Waals surface area contributed by atoms with Crippen molar-refractivity contribution in [2.24, 2.45) is 11.8 Å². The van der Waals surface area contributed by atoms with Gasteiger partial charge in [0, 0.05) is 0 Å². The summed E-state index contributed by atoms with van der Waals surface area (Å²) in [4.78, 5) is 3.97. The van der Waals surface area contributed by atoms with E-state index in [0.717, 1.165) is 18.8 Å². The molecule has 0 spiro atoms. The van der Waals surface area contributed by atoms with Crippen molar-refractivity contribution >= 4 is 0 Å². The Bertz CT molecular complexity index is 344. The van der Waals surface area contributed by atoms with Crippen LogP contribution in [0.25, 0.3) is 0 Å². The first-order valence-electron chi connectivity index (χ1n) is 6.50. The van der Waals surface area contributed by atoms with Crippen LogP contribution in [-0.4, -0.2) is 10.1 Å². The van der Waals surface area contributed by atoms with Crippen LogP contribution in [0.15, 0.2) is 18.3 Å². The molecular weight excluding hydrogens is 217 g/mol. The number of halogens is 1. The van der Waals surface area contributed by atoms with Crippen molar-refractivity contribution in [1.82, 2.24) is 4.98 Å². The molecule has 1 heterocycles. The van der Waals surface area contributed by atoms with Gasteiger partial charge in [0.25, 0.3) is 0 Å². The van der Waals surface area contributed by atoms with Crippen molar-refractivity contribution < 1.29 is 9.50 Å². The largest absolute Gasteiger partial charge is 0.387 e. The molecule has 94 valence electrons. The van der Waals surface area contributed by atoms with E-state index in [-0.39, 0.29) is 11.7 Å². The third kappa shape index (κ3) is 3.03. The van der Waals surface area contributed by atoms with Crippen LogP contribution < -0.4 is 0 Å². The predicted molar refractivity (Wildman–Crippen MR) is 64.9 cm³/mol. The van der Waals surface area contributed by atoms with E-state index in [0.29, 0.717) is 5.69 Å². The van der Waals surface area contributed by atoms with Crippen molar-refractivity contribution in [3.8, 4) is 0 Å². The fraction of sp³-hybridized carbons (Fsp3) is 0.643. The van der Waals surface area contributed by atoms with E-state index < -0.39 is 6.10 Å². The summed E-state index contributed by atoms with van der Waals surface area (Å²) in [5.74, 6) is 0.756. The number of hydrogen-bond donors (Lipinski definition) is 1. The first-order chi connectivity index (χ1) is 8.20. The number of nitrogens with zero attached hydrogens (tertiary/aromatic N) is 1. The summed E-state index contributed by atoms with van der Waals surface area (Å²) in [5.41, 5.74) is 0.603. The summed E-state index contributed by atoms with van der Waals surface area (Å²) >= 11 is 0. The van der Waals surface area contributed by atoms with Crippen LogP contribution in [0, 0.1) is 17.7 Å². The van der Waals surface area contributed by atoms with Gasteiger partial charge in [-0.1, -0.05) is 26.2 Å². The Morgan fingerprint density at radius 3 is 2.59 bits per heavy atom. The fourth-order valence-electron chi connectivity index (χ4n) is 2.72. The van der Waals surface area contributed by atoms with Gasteiger partial charge in [0.05, 0.1) is 18.0 Å². The van der Waals surface area contributed by atoms with E-state index in [2.05, 4.69) is 11.9 Å². The smallest absolute Gasteiger partial charge is 0.141 e. The quantitative estimate of drug-likeness (QED) is 0.873. The Morgan fingerprint density at radius 2 is 2.06 bits per heavy atom. The second kappa shape index (κ2) is 5.58. The Balaban J connectivity index is 1.96. The van der Waals surface area contributed by atoms with E-state index in [4.69, 9.17) is 0 Å². The van der Waals surface area contributed by atoms with Gasteiger partial charge in [-0.25, -0.2) is 4.39 Å². The monoisotopic (exact) mass is 237 g/mol.